The lowest BCUT2D eigenvalue weighted by molar-refractivity contribution is 0.252. The molecular weight excluding hydrogens is 1550 g/mol. The van der Waals surface area contributed by atoms with Gasteiger partial charge in [-0.3, -0.25) is 0 Å². The summed E-state index contributed by atoms with van der Waals surface area (Å²) in [5, 5.41) is 0. The van der Waals surface area contributed by atoms with Gasteiger partial charge in [-0.1, -0.05) is 170 Å². The Labute approximate surface area is 712 Å². The van der Waals surface area contributed by atoms with Gasteiger partial charge in [0.2, 0.25) is 48.3 Å². The Bertz CT molecular complexity index is 6700. The molecule has 14 aromatic rings. The summed E-state index contributed by atoms with van der Waals surface area (Å²) in [5.41, 5.74) is 22.6. The number of aliphatic imine (C=N–C) groups is 8. The van der Waals surface area contributed by atoms with Crippen LogP contribution in [0.4, 0.5) is 94.0 Å². The van der Waals surface area contributed by atoms with Crippen molar-refractivity contribution in [3.05, 3.63) is 418 Å². The van der Waals surface area contributed by atoms with Gasteiger partial charge in [-0.05, 0) is 293 Å². The van der Waals surface area contributed by atoms with Crippen molar-refractivity contribution in [2.45, 2.75) is 44.9 Å². The Morgan fingerprint density at radius 2 is 0.274 bits per heavy atom. The predicted molar refractivity (Wildman–Crippen MR) is 481 cm³/mol. The van der Waals surface area contributed by atoms with Crippen molar-refractivity contribution in [3.63, 3.8) is 0 Å². The number of isocyanates is 5. The van der Waals surface area contributed by atoms with E-state index in [1.165, 1.54) is 0 Å². The molecule has 124 heavy (non-hydrogen) atoms. The Morgan fingerprint density at radius 3 is 0.395 bits per heavy atom. The van der Waals surface area contributed by atoms with Crippen LogP contribution >= 0.6 is 0 Å². The monoisotopic (exact) mass is 1620 g/mol. The SMILES string of the molecule is O=C=Nc1ccc(Cc2ccc(/N=C3\N(c4ccc(Cc5ccc(N=C=O)cc5)cc4)C(=O)N3c3ccc(Cc4ccc(/N=C5\N(c6ccc(Cc7ccc(N=C=O)cc7)cc6)C(=O)N5c5ccc(Cc6ccc(N7C(=O)N(c8ccc(Cc9ccc(N=C=O)cc9)cc8)/C7=N/c7ccc(Cc8ccc(N=C=O)cc8)cc7)cc6)cc5)cc4)cc3)cc2)cc1. The molecule has 0 bridgehead atoms. The normalized spacial score (nSPS) is 13.7. The smallest absolute Gasteiger partial charge is 0.247 e. The average molecular weight is 1620 g/mol. The molecule has 3 aliphatic heterocycles. The number of amides is 6. The van der Waals surface area contributed by atoms with Crippen molar-refractivity contribution in [1.82, 2.24) is 0 Å². The average Bonchev–Trinajstić information content (AvgIpc) is 0.746. The molecule has 17 rings (SSSR count). The highest BCUT2D eigenvalue weighted by Gasteiger charge is 2.46. The van der Waals surface area contributed by atoms with Gasteiger partial charge >= 0.3 is 18.1 Å². The van der Waals surface area contributed by atoms with E-state index in [-0.39, 0.29) is 18.1 Å². The van der Waals surface area contributed by atoms with E-state index in [1.807, 2.05) is 279 Å². The number of guanidine groups is 3. The van der Waals surface area contributed by atoms with Crippen molar-refractivity contribution in [2.24, 2.45) is 39.9 Å². The van der Waals surface area contributed by atoms with E-state index >= 15 is 0 Å². The number of carbonyl (C=O) groups excluding carboxylic acids is 8. The predicted octanol–water partition coefficient (Wildman–Crippen LogP) is 22.1. The molecule has 0 unspecified atom stereocenters. The van der Waals surface area contributed by atoms with Crippen molar-refractivity contribution >= 4 is 146 Å². The first kappa shape index (κ1) is 79.3. The summed E-state index contributed by atoms with van der Waals surface area (Å²) in [4.78, 5) is 141. The molecule has 14 aromatic carbocycles. The molecule has 0 saturated carbocycles. The summed E-state index contributed by atoms with van der Waals surface area (Å²) in [5.74, 6) is 1.25. The lowest BCUT2D eigenvalue weighted by Gasteiger charge is -2.42. The van der Waals surface area contributed by atoms with Crippen LogP contribution in [0.3, 0.4) is 0 Å². The number of anilines is 6. The van der Waals surface area contributed by atoms with Crippen molar-refractivity contribution in [3.8, 4) is 0 Å². The fourth-order valence-electron chi connectivity index (χ4n) is 15.0. The van der Waals surface area contributed by atoms with Crippen LogP contribution in [0, 0.1) is 0 Å². The Kier molecular flexibility index (Phi) is 23.2. The molecule has 596 valence electrons. The third-order valence-electron chi connectivity index (χ3n) is 21.4. The van der Waals surface area contributed by atoms with Gasteiger partial charge in [0, 0.05) is 0 Å². The number of benzene rings is 14. The lowest BCUT2D eigenvalue weighted by Crippen LogP contribution is -2.65. The van der Waals surface area contributed by atoms with E-state index in [0.29, 0.717) is 142 Å². The highest BCUT2D eigenvalue weighted by molar-refractivity contribution is 6.45. The molecule has 0 N–H and O–H groups in total. The quantitative estimate of drug-likeness (QED) is 0.0336. The second-order valence-corrected chi connectivity index (χ2v) is 29.7. The lowest BCUT2D eigenvalue weighted by atomic mass is 10.0. The molecule has 3 fully saturated rings. The van der Waals surface area contributed by atoms with Crippen LogP contribution < -0.4 is 29.4 Å². The maximum absolute atomic E-state index is 14.7. The Hall–Kier alpha value is -17.2. The Morgan fingerprint density at radius 1 is 0.161 bits per heavy atom. The zero-order valence-electron chi connectivity index (χ0n) is 66.3. The molecule has 0 aliphatic carbocycles. The molecule has 3 saturated heterocycles. The zero-order valence-corrected chi connectivity index (χ0v) is 66.3. The minimum atomic E-state index is -0.294. The number of urea groups is 3. The van der Waals surface area contributed by atoms with Crippen molar-refractivity contribution in [1.29, 1.82) is 0 Å². The topological polar surface area (TPSA) is 255 Å². The Balaban J connectivity index is 0.596. The molecule has 3 heterocycles. The number of carbonyl (C=O) groups is 3. The minimum absolute atomic E-state index is 0.276. The number of hydrogen-bond donors (Lipinski definition) is 0. The highest BCUT2D eigenvalue weighted by Crippen LogP contribution is 2.39. The standard InChI is InChI=1S/C102H70N14O8/c117-64-103-83-29-1-69(2-30-83)57-74-11-39-88(40-12-74)108-97-111(91-45-17-77(18-46-91)59-71-5-33-85(34-6-71)105-66-119)100(122)114(97)94-51-23-80(24-52-94)62-76-15-43-90(44-16-76)110-99-113(93-49-21-79(22-50-93)61-73-9-37-87(38-10-73)107-68-121)102(124)116(99)96-55-27-82(28-56-96)63-81-25-53-95(54-26-81)115-98(109-89-41-13-75(14-42-89)58-70-3-31-84(32-4-70)104-65-118)112(101(115)123)92-47-19-78(20-48-92)60-72-7-35-86(36-8-72)106-67-120/h1-56H,57-63H2/b108-97+,109-98-,110-99+. The molecule has 3 aliphatic rings. The summed E-state index contributed by atoms with van der Waals surface area (Å²) in [7, 11) is 0. The van der Waals surface area contributed by atoms with Crippen molar-refractivity contribution in [2.75, 3.05) is 29.4 Å². The van der Waals surface area contributed by atoms with Crippen LogP contribution in [-0.4, -0.2) is 66.4 Å². The van der Waals surface area contributed by atoms with Crippen LogP contribution in [0.5, 0.6) is 0 Å². The van der Waals surface area contributed by atoms with E-state index in [9.17, 15) is 38.4 Å². The van der Waals surface area contributed by atoms with Gasteiger partial charge in [-0.2, -0.15) is 25.0 Å². The van der Waals surface area contributed by atoms with Gasteiger partial charge in [0.25, 0.3) is 0 Å². The van der Waals surface area contributed by atoms with Gasteiger partial charge in [-0.25, -0.2) is 82.7 Å². The summed E-state index contributed by atoms with van der Waals surface area (Å²) in [6, 6.07) is 106. The summed E-state index contributed by atoms with van der Waals surface area (Å²) >= 11 is 0. The van der Waals surface area contributed by atoms with Gasteiger partial charge in [0.05, 0.1) is 79.6 Å². The van der Waals surface area contributed by atoms with Crippen LogP contribution in [-0.2, 0) is 68.9 Å². The maximum Gasteiger partial charge on any atom is 0.342 e. The number of hydrogen-bond acceptors (Lipinski definition) is 16. The highest BCUT2D eigenvalue weighted by atomic mass is 16.2. The first-order chi connectivity index (χ1) is 60.8. The van der Waals surface area contributed by atoms with E-state index in [0.717, 1.165) is 77.9 Å². The van der Waals surface area contributed by atoms with Gasteiger partial charge < -0.3 is 0 Å². The number of rotatable bonds is 28. The molecule has 22 heteroatoms. The first-order valence-electron chi connectivity index (χ1n) is 39.7. The number of nitrogens with zero attached hydrogens (tertiary/aromatic N) is 14. The summed E-state index contributed by atoms with van der Waals surface area (Å²) in [6.07, 6.45) is 12.1. The van der Waals surface area contributed by atoms with Gasteiger partial charge in [0.1, 0.15) is 0 Å². The van der Waals surface area contributed by atoms with Gasteiger partial charge in [-0.15, -0.1) is 0 Å². The van der Waals surface area contributed by atoms with Crippen LogP contribution in [0.25, 0.3) is 0 Å². The van der Waals surface area contributed by atoms with E-state index in [4.69, 9.17) is 15.0 Å². The minimum Gasteiger partial charge on any atom is -0.247 e. The third-order valence-corrected chi connectivity index (χ3v) is 21.4. The fraction of sp³-hybridized carbons (Fsp3) is 0.0686. The third kappa shape index (κ3) is 18.1. The van der Waals surface area contributed by atoms with E-state index < -0.39 is 0 Å². The maximum atomic E-state index is 14.7. The summed E-state index contributed by atoms with van der Waals surface area (Å²) in [6.45, 7) is 0. The van der Waals surface area contributed by atoms with Crippen LogP contribution in [0.1, 0.15) is 77.9 Å². The molecule has 0 spiro atoms. The second-order valence-electron chi connectivity index (χ2n) is 29.7. The molecule has 0 atom stereocenters. The zero-order chi connectivity index (χ0) is 84.8. The summed E-state index contributed by atoms with van der Waals surface area (Å²) < 4.78 is 0. The molecule has 0 radical (unpaired) electrons. The largest absolute Gasteiger partial charge is 0.342 e. The van der Waals surface area contributed by atoms with E-state index in [2.05, 4.69) is 25.0 Å². The molecule has 22 nitrogen and oxygen atoms in total. The molecular formula is C102H70N14O8. The van der Waals surface area contributed by atoms with Gasteiger partial charge in [0.15, 0.2) is 0 Å². The fourth-order valence-corrected chi connectivity index (χ4v) is 15.0. The van der Waals surface area contributed by atoms with Crippen LogP contribution in [0.15, 0.2) is 380 Å². The first-order valence-corrected chi connectivity index (χ1v) is 39.7. The molecule has 6 amide bonds. The van der Waals surface area contributed by atoms with Crippen molar-refractivity contribution < 1.29 is 38.4 Å². The molecule has 0 aromatic heterocycles. The second kappa shape index (κ2) is 36.3. The van der Waals surface area contributed by atoms with E-state index in [1.54, 1.807) is 120 Å². The van der Waals surface area contributed by atoms with Crippen LogP contribution in [0.2, 0.25) is 0 Å².